The molecule has 0 aliphatic heterocycles. The Morgan fingerprint density at radius 1 is 1.29 bits per heavy atom. The molecule has 0 bridgehead atoms. The molecule has 0 aliphatic rings. The number of hydrogen-bond donors (Lipinski definition) is 1. The van der Waals surface area contributed by atoms with Gasteiger partial charge in [0.15, 0.2) is 0 Å². The largest absolute Gasteiger partial charge is 0.508 e. The fraction of sp³-hybridized carbons (Fsp3) is 0.222. The van der Waals surface area contributed by atoms with Crippen molar-refractivity contribution in [2.24, 2.45) is 0 Å². The normalized spacial score (nSPS) is 10.9. The summed E-state index contributed by atoms with van der Waals surface area (Å²) in [6.07, 6.45) is 0.873. The third kappa shape index (κ3) is 3.19. The number of phenolic OH excluding ortho intramolecular Hbond substituents is 1. The van der Waals surface area contributed by atoms with Gasteiger partial charge in [-0.1, -0.05) is 6.92 Å². The quantitative estimate of drug-likeness (QED) is 0.575. The van der Waals surface area contributed by atoms with E-state index in [0.29, 0.717) is 15.8 Å². The second-order valence-electron chi connectivity index (χ2n) is 5.42. The highest BCUT2D eigenvalue weighted by Crippen LogP contribution is 2.25. The molecule has 6 heteroatoms. The zero-order valence-corrected chi connectivity index (χ0v) is 14.1. The Hall–Kier alpha value is -2.60. The number of ether oxygens (including phenoxy) is 1. The van der Waals surface area contributed by atoms with E-state index in [1.807, 2.05) is 19.9 Å². The van der Waals surface area contributed by atoms with Crippen LogP contribution in [0.25, 0.3) is 11.0 Å². The Kier molecular flexibility index (Phi) is 4.40. The topological polar surface area (TPSA) is 76.7 Å². The van der Waals surface area contributed by atoms with Gasteiger partial charge in [0.05, 0.1) is 0 Å². The van der Waals surface area contributed by atoms with E-state index in [9.17, 15) is 14.7 Å². The summed E-state index contributed by atoms with van der Waals surface area (Å²) in [4.78, 5) is 25.6. The van der Waals surface area contributed by atoms with Gasteiger partial charge in [-0.2, -0.15) is 0 Å². The fourth-order valence-corrected chi connectivity index (χ4v) is 3.53. The van der Waals surface area contributed by atoms with Gasteiger partial charge < -0.3 is 14.3 Å². The van der Waals surface area contributed by atoms with Gasteiger partial charge >= 0.3 is 11.6 Å². The molecule has 124 valence electrons. The number of esters is 1. The molecule has 3 rings (SSSR count). The molecule has 5 nitrogen and oxygen atoms in total. The average molecular weight is 344 g/mol. The molecule has 0 saturated carbocycles. The van der Waals surface area contributed by atoms with Crippen molar-refractivity contribution in [2.45, 2.75) is 26.9 Å². The van der Waals surface area contributed by atoms with E-state index in [0.717, 1.165) is 16.9 Å². The molecule has 2 aromatic heterocycles. The second-order valence-corrected chi connectivity index (χ2v) is 6.55. The van der Waals surface area contributed by atoms with Crippen LogP contribution < -0.4 is 5.63 Å². The van der Waals surface area contributed by atoms with Gasteiger partial charge in [-0.15, -0.1) is 11.3 Å². The van der Waals surface area contributed by atoms with Crippen molar-refractivity contribution in [3.8, 4) is 5.75 Å². The first kappa shape index (κ1) is 16.3. The molecule has 0 atom stereocenters. The Labute approximate surface area is 142 Å². The number of aryl methyl sites for hydroxylation is 2. The van der Waals surface area contributed by atoms with Crippen LogP contribution in [0.3, 0.4) is 0 Å². The average Bonchev–Trinajstić information content (AvgIpc) is 2.92. The smallest absolute Gasteiger partial charge is 0.348 e. The molecular weight excluding hydrogens is 328 g/mol. The molecule has 0 aliphatic carbocycles. The van der Waals surface area contributed by atoms with Crippen LogP contribution in [0.5, 0.6) is 5.75 Å². The zero-order chi connectivity index (χ0) is 17.3. The van der Waals surface area contributed by atoms with Crippen molar-refractivity contribution < 1.29 is 19.1 Å². The number of rotatable bonds is 4. The molecule has 2 heterocycles. The summed E-state index contributed by atoms with van der Waals surface area (Å²) in [5.41, 5.74) is 1.32. The monoisotopic (exact) mass is 344 g/mol. The van der Waals surface area contributed by atoms with Gasteiger partial charge in [0.1, 0.15) is 22.8 Å². The van der Waals surface area contributed by atoms with Crippen LogP contribution in [0.15, 0.2) is 39.5 Å². The van der Waals surface area contributed by atoms with Crippen LogP contribution in [-0.2, 0) is 17.8 Å². The predicted octanol–water partition coefficient (Wildman–Crippen LogP) is 3.79. The molecule has 24 heavy (non-hydrogen) atoms. The van der Waals surface area contributed by atoms with Crippen molar-refractivity contribution >= 4 is 28.3 Å². The molecule has 0 amide bonds. The lowest BCUT2D eigenvalue weighted by atomic mass is 10.1. The van der Waals surface area contributed by atoms with E-state index in [2.05, 4.69) is 0 Å². The Morgan fingerprint density at radius 2 is 2.08 bits per heavy atom. The Bertz CT molecular complexity index is 967. The van der Waals surface area contributed by atoms with Crippen molar-refractivity contribution in [1.82, 2.24) is 0 Å². The number of fused-ring (bicyclic) bond motifs is 1. The highest BCUT2D eigenvalue weighted by molar-refractivity contribution is 7.14. The van der Waals surface area contributed by atoms with Crippen LogP contribution in [0, 0.1) is 6.92 Å². The van der Waals surface area contributed by atoms with E-state index < -0.39 is 11.6 Å². The lowest BCUT2D eigenvalue weighted by Gasteiger charge is -2.06. The number of hydrogen-bond acceptors (Lipinski definition) is 6. The minimum Gasteiger partial charge on any atom is -0.508 e. The van der Waals surface area contributed by atoms with Gasteiger partial charge in [-0.05, 0) is 37.1 Å². The molecule has 0 fully saturated rings. The first-order valence-electron chi connectivity index (χ1n) is 7.50. The predicted molar refractivity (Wildman–Crippen MR) is 91.7 cm³/mol. The highest BCUT2D eigenvalue weighted by atomic mass is 32.1. The number of aromatic hydroxyl groups is 1. The SMILES string of the molecule is CCc1sc(C(=O)OCc2cc(=O)oc3cc(O)ccc23)cc1C. The van der Waals surface area contributed by atoms with Crippen molar-refractivity contribution in [3.63, 3.8) is 0 Å². The molecule has 1 N–H and O–H groups in total. The maximum Gasteiger partial charge on any atom is 0.348 e. The lowest BCUT2D eigenvalue weighted by molar-refractivity contribution is 0.0479. The minimum absolute atomic E-state index is 0.000880. The number of phenols is 1. The summed E-state index contributed by atoms with van der Waals surface area (Å²) in [6, 6.07) is 7.59. The highest BCUT2D eigenvalue weighted by Gasteiger charge is 2.14. The van der Waals surface area contributed by atoms with Crippen LogP contribution >= 0.6 is 11.3 Å². The lowest BCUT2D eigenvalue weighted by Crippen LogP contribution is -2.06. The van der Waals surface area contributed by atoms with Crippen LogP contribution in [0.2, 0.25) is 0 Å². The van der Waals surface area contributed by atoms with Crippen LogP contribution in [0.4, 0.5) is 0 Å². The van der Waals surface area contributed by atoms with Gasteiger partial charge in [0.2, 0.25) is 0 Å². The standard InChI is InChI=1S/C18H16O5S/c1-3-15-10(2)6-16(24-15)18(21)22-9-11-7-17(20)23-14-8-12(19)4-5-13(11)14/h4-8,19H,3,9H2,1-2H3. The molecule has 0 saturated heterocycles. The van der Waals surface area contributed by atoms with E-state index in [1.54, 1.807) is 6.07 Å². The number of thiophene rings is 1. The van der Waals surface area contributed by atoms with E-state index in [1.165, 1.54) is 29.5 Å². The van der Waals surface area contributed by atoms with Crippen molar-refractivity contribution in [3.05, 3.63) is 61.6 Å². The molecule has 0 unspecified atom stereocenters. The molecule has 1 aromatic carbocycles. The van der Waals surface area contributed by atoms with E-state index in [4.69, 9.17) is 9.15 Å². The van der Waals surface area contributed by atoms with E-state index in [-0.39, 0.29) is 17.9 Å². The maximum atomic E-state index is 12.2. The summed E-state index contributed by atoms with van der Waals surface area (Å²) < 4.78 is 10.4. The zero-order valence-electron chi connectivity index (χ0n) is 13.3. The first-order valence-corrected chi connectivity index (χ1v) is 8.31. The maximum absolute atomic E-state index is 12.2. The summed E-state index contributed by atoms with van der Waals surface area (Å²) in [7, 11) is 0. The van der Waals surface area contributed by atoms with E-state index >= 15 is 0 Å². The van der Waals surface area contributed by atoms with Gasteiger partial charge in [-0.25, -0.2) is 9.59 Å². The molecule has 0 spiro atoms. The number of carbonyl (C=O) groups is 1. The Balaban J connectivity index is 1.85. The summed E-state index contributed by atoms with van der Waals surface area (Å²) in [5, 5.41) is 10.1. The number of carbonyl (C=O) groups excluding carboxylic acids is 1. The van der Waals surface area contributed by atoms with Crippen molar-refractivity contribution in [1.29, 1.82) is 0 Å². The van der Waals surface area contributed by atoms with Crippen LogP contribution in [0.1, 0.15) is 32.6 Å². The summed E-state index contributed by atoms with van der Waals surface area (Å²) in [5.74, 6) is -0.413. The summed E-state index contributed by atoms with van der Waals surface area (Å²) in [6.45, 7) is 3.97. The van der Waals surface area contributed by atoms with Crippen molar-refractivity contribution in [2.75, 3.05) is 0 Å². The van der Waals surface area contributed by atoms with Gasteiger partial charge in [0.25, 0.3) is 0 Å². The van der Waals surface area contributed by atoms with Gasteiger partial charge in [0, 0.05) is 28.0 Å². The second kappa shape index (κ2) is 6.49. The third-order valence-corrected chi connectivity index (χ3v) is 5.08. The minimum atomic E-state index is -0.556. The molecule has 0 radical (unpaired) electrons. The van der Waals surface area contributed by atoms with Crippen LogP contribution in [-0.4, -0.2) is 11.1 Å². The molecule has 3 aromatic rings. The molecular formula is C18H16O5S. The third-order valence-electron chi connectivity index (χ3n) is 3.72. The fourth-order valence-electron chi connectivity index (χ4n) is 2.52. The van der Waals surface area contributed by atoms with Gasteiger partial charge in [-0.3, -0.25) is 0 Å². The number of benzene rings is 1. The summed E-state index contributed by atoms with van der Waals surface area (Å²) >= 11 is 1.42. The Morgan fingerprint density at radius 3 is 2.79 bits per heavy atom. The first-order chi connectivity index (χ1) is 11.5.